The van der Waals surface area contributed by atoms with Crippen molar-refractivity contribution in [2.24, 2.45) is 0 Å². The third kappa shape index (κ3) is 6.78. The normalized spacial score (nSPS) is 11.6. The number of rotatable bonds is 7. The number of phenolic OH excluding ortho intramolecular Hbond substituents is 1. The lowest BCUT2D eigenvalue weighted by Gasteiger charge is -2.17. The Balaban J connectivity index is 2.46. The first-order valence-corrected chi connectivity index (χ1v) is 10.4. The van der Waals surface area contributed by atoms with Crippen LogP contribution >= 0.6 is 0 Å². The SMILES string of the molecule is C=C/C=C(\C=C/C)CN(C)/C=C(\C)c1cc(O)c(C(=O)NC)c(C#Cc2ccccc2)c1. The molecular formula is C28H30N2O2. The van der Waals surface area contributed by atoms with E-state index < -0.39 is 0 Å². The highest BCUT2D eigenvalue weighted by Crippen LogP contribution is 2.27. The van der Waals surface area contributed by atoms with Gasteiger partial charge in [0.15, 0.2) is 0 Å². The van der Waals surface area contributed by atoms with Crippen molar-refractivity contribution < 1.29 is 9.90 Å². The third-order valence-corrected chi connectivity index (χ3v) is 4.70. The Bertz CT molecular complexity index is 1110. The molecule has 0 spiro atoms. The van der Waals surface area contributed by atoms with Gasteiger partial charge >= 0.3 is 0 Å². The second kappa shape index (κ2) is 12.0. The van der Waals surface area contributed by atoms with Gasteiger partial charge in [0.2, 0.25) is 0 Å². The first-order chi connectivity index (χ1) is 15.4. The van der Waals surface area contributed by atoms with Gasteiger partial charge in [-0.25, -0.2) is 0 Å². The topological polar surface area (TPSA) is 52.6 Å². The first-order valence-electron chi connectivity index (χ1n) is 10.4. The van der Waals surface area contributed by atoms with Crippen molar-refractivity contribution >= 4 is 11.5 Å². The van der Waals surface area contributed by atoms with Crippen LogP contribution in [0.3, 0.4) is 0 Å². The van der Waals surface area contributed by atoms with Crippen molar-refractivity contribution in [3.63, 3.8) is 0 Å². The van der Waals surface area contributed by atoms with Gasteiger partial charge in [0.05, 0.1) is 5.56 Å². The number of aromatic hydroxyl groups is 1. The van der Waals surface area contributed by atoms with E-state index in [-0.39, 0.29) is 17.2 Å². The summed E-state index contributed by atoms with van der Waals surface area (Å²) in [6.07, 6.45) is 9.78. The van der Waals surface area contributed by atoms with Crippen molar-refractivity contribution in [1.82, 2.24) is 10.2 Å². The number of carbonyl (C=O) groups is 1. The summed E-state index contributed by atoms with van der Waals surface area (Å²) >= 11 is 0. The van der Waals surface area contributed by atoms with Crippen LogP contribution < -0.4 is 5.32 Å². The van der Waals surface area contributed by atoms with E-state index in [0.29, 0.717) is 12.1 Å². The molecule has 0 unspecified atom stereocenters. The average Bonchev–Trinajstić information content (AvgIpc) is 2.77. The summed E-state index contributed by atoms with van der Waals surface area (Å²) < 4.78 is 0. The zero-order chi connectivity index (χ0) is 23.5. The molecule has 0 fully saturated rings. The van der Waals surface area contributed by atoms with Crippen molar-refractivity contribution in [1.29, 1.82) is 0 Å². The molecule has 0 saturated heterocycles. The number of nitrogens with one attached hydrogen (secondary N) is 1. The fraction of sp³-hybridized carbons (Fsp3) is 0.179. The maximum Gasteiger partial charge on any atom is 0.256 e. The summed E-state index contributed by atoms with van der Waals surface area (Å²) in [4.78, 5) is 14.4. The molecule has 164 valence electrons. The number of phenols is 1. The minimum atomic E-state index is -0.379. The Morgan fingerprint density at radius 2 is 1.94 bits per heavy atom. The Morgan fingerprint density at radius 3 is 2.56 bits per heavy atom. The third-order valence-electron chi connectivity index (χ3n) is 4.70. The molecule has 2 aromatic rings. The minimum absolute atomic E-state index is 0.101. The van der Waals surface area contributed by atoms with Gasteiger partial charge in [-0.15, -0.1) is 0 Å². The van der Waals surface area contributed by atoms with Crippen LogP contribution in [-0.2, 0) is 0 Å². The zero-order valence-corrected chi connectivity index (χ0v) is 19.1. The predicted octanol–water partition coefficient (Wildman–Crippen LogP) is 5.13. The van der Waals surface area contributed by atoms with Gasteiger partial charge in [-0.05, 0) is 54.8 Å². The molecule has 0 aliphatic carbocycles. The number of benzene rings is 2. The Kier molecular flexibility index (Phi) is 9.13. The summed E-state index contributed by atoms with van der Waals surface area (Å²) in [6, 6.07) is 13.0. The van der Waals surface area contributed by atoms with E-state index in [1.54, 1.807) is 12.1 Å². The molecule has 2 N–H and O–H groups in total. The van der Waals surface area contributed by atoms with Crippen molar-refractivity contribution in [3.05, 3.63) is 107 Å². The maximum absolute atomic E-state index is 12.4. The smallest absolute Gasteiger partial charge is 0.256 e. The molecule has 4 nitrogen and oxygen atoms in total. The molecule has 2 rings (SSSR count). The molecule has 0 bridgehead atoms. The Labute approximate surface area is 191 Å². The summed E-state index contributed by atoms with van der Waals surface area (Å²) in [5.74, 6) is 5.65. The van der Waals surface area contributed by atoms with E-state index in [4.69, 9.17) is 0 Å². The highest BCUT2D eigenvalue weighted by atomic mass is 16.3. The summed E-state index contributed by atoms with van der Waals surface area (Å²) in [6.45, 7) is 8.42. The van der Waals surface area contributed by atoms with E-state index in [9.17, 15) is 9.90 Å². The van der Waals surface area contributed by atoms with Crippen molar-refractivity contribution in [2.75, 3.05) is 20.6 Å². The van der Waals surface area contributed by atoms with Gasteiger partial charge < -0.3 is 15.3 Å². The second-order valence-electron chi connectivity index (χ2n) is 7.32. The summed E-state index contributed by atoms with van der Waals surface area (Å²) in [5.41, 5.74) is 4.33. The molecule has 0 aliphatic heterocycles. The van der Waals surface area contributed by atoms with Crippen LogP contribution in [-0.4, -0.2) is 36.6 Å². The largest absolute Gasteiger partial charge is 0.507 e. The molecule has 4 heteroatoms. The Hall–Kier alpha value is -3.97. The number of hydrogen-bond donors (Lipinski definition) is 2. The monoisotopic (exact) mass is 426 g/mol. The van der Waals surface area contributed by atoms with E-state index in [1.807, 2.05) is 81.7 Å². The zero-order valence-electron chi connectivity index (χ0n) is 19.1. The van der Waals surface area contributed by atoms with E-state index in [2.05, 4.69) is 28.6 Å². The molecular weight excluding hydrogens is 396 g/mol. The number of hydrogen-bond acceptors (Lipinski definition) is 3. The van der Waals surface area contributed by atoms with Gasteiger partial charge in [-0.1, -0.05) is 60.9 Å². The average molecular weight is 427 g/mol. The van der Waals surface area contributed by atoms with E-state index in [0.717, 1.165) is 22.3 Å². The minimum Gasteiger partial charge on any atom is -0.507 e. The van der Waals surface area contributed by atoms with Crippen LogP contribution in [0, 0.1) is 11.8 Å². The van der Waals surface area contributed by atoms with Gasteiger partial charge in [0.25, 0.3) is 5.91 Å². The van der Waals surface area contributed by atoms with Crippen LogP contribution in [0.1, 0.15) is 40.9 Å². The first kappa shape index (κ1) is 24.3. The quantitative estimate of drug-likeness (QED) is 0.477. The molecule has 0 heterocycles. The highest BCUT2D eigenvalue weighted by Gasteiger charge is 2.16. The van der Waals surface area contributed by atoms with Gasteiger partial charge in [0, 0.05) is 38.0 Å². The van der Waals surface area contributed by atoms with Gasteiger partial charge in [-0.3, -0.25) is 4.79 Å². The number of allylic oxidation sites excluding steroid dienone is 4. The lowest BCUT2D eigenvalue weighted by molar-refractivity contribution is 0.0960. The molecule has 0 saturated carbocycles. The second-order valence-corrected chi connectivity index (χ2v) is 7.32. The van der Waals surface area contributed by atoms with Crippen molar-refractivity contribution in [3.8, 4) is 17.6 Å². The van der Waals surface area contributed by atoms with E-state index in [1.165, 1.54) is 7.05 Å². The van der Waals surface area contributed by atoms with Crippen LogP contribution in [0.15, 0.2) is 85.1 Å². The summed E-state index contributed by atoms with van der Waals surface area (Å²) in [7, 11) is 3.52. The number of amides is 1. The van der Waals surface area contributed by atoms with Crippen LogP contribution in [0.5, 0.6) is 5.75 Å². The van der Waals surface area contributed by atoms with E-state index >= 15 is 0 Å². The molecule has 0 aliphatic rings. The maximum atomic E-state index is 12.4. The Morgan fingerprint density at radius 1 is 1.22 bits per heavy atom. The molecule has 32 heavy (non-hydrogen) atoms. The van der Waals surface area contributed by atoms with Crippen LogP contribution in [0.25, 0.3) is 5.57 Å². The molecule has 0 atom stereocenters. The fourth-order valence-corrected chi connectivity index (χ4v) is 3.24. The van der Waals surface area contributed by atoms with Crippen LogP contribution in [0.4, 0.5) is 0 Å². The lowest BCUT2D eigenvalue weighted by atomic mass is 9.98. The standard InChI is InChI=1S/C28H30N2O2/c1-6-11-23(12-7-2)20-30(5)19-21(3)25-17-24(16-15-22-13-9-8-10-14-22)27(26(31)18-25)28(32)29-4/h6-14,17-19,31H,1,20H2,2-5H3,(H,29,32)/b12-7-,21-19+,23-11+. The van der Waals surface area contributed by atoms with Gasteiger partial charge in [-0.2, -0.15) is 0 Å². The number of nitrogens with zero attached hydrogens (tertiary/aromatic N) is 1. The predicted molar refractivity (Wildman–Crippen MR) is 133 cm³/mol. The highest BCUT2D eigenvalue weighted by molar-refractivity contribution is 5.99. The number of likely N-dealkylation sites (N-methyl/N-ethyl adjacent to an activating group) is 1. The van der Waals surface area contributed by atoms with Crippen molar-refractivity contribution in [2.45, 2.75) is 13.8 Å². The lowest BCUT2D eigenvalue weighted by Crippen LogP contribution is -2.19. The fourth-order valence-electron chi connectivity index (χ4n) is 3.24. The van der Waals surface area contributed by atoms with Crippen LogP contribution in [0.2, 0.25) is 0 Å². The summed E-state index contributed by atoms with van der Waals surface area (Å²) in [5, 5.41) is 13.2. The molecule has 1 amide bonds. The molecule has 0 radical (unpaired) electrons. The van der Waals surface area contributed by atoms with Gasteiger partial charge in [0.1, 0.15) is 5.75 Å². The number of carbonyl (C=O) groups excluding carboxylic acids is 1. The molecule has 2 aromatic carbocycles. The molecule has 0 aromatic heterocycles.